The summed E-state index contributed by atoms with van der Waals surface area (Å²) in [6, 6.07) is 11.1. The predicted octanol–water partition coefficient (Wildman–Crippen LogP) is 2.60. The van der Waals surface area contributed by atoms with Crippen LogP contribution in [0.2, 0.25) is 0 Å². The first-order valence-corrected chi connectivity index (χ1v) is 10.7. The molecule has 3 aromatic rings. The fraction of sp³-hybridized carbons (Fsp3) is 0.375. The first-order valence-electron chi connectivity index (χ1n) is 10.7. The molecule has 1 saturated heterocycles. The Morgan fingerprint density at radius 3 is 2.59 bits per heavy atom. The second-order valence-electron chi connectivity index (χ2n) is 8.03. The Hall–Kier alpha value is -3.39. The van der Waals surface area contributed by atoms with Crippen molar-refractivity contribution in [3.8, 4) is 11.5 Å². The minimum absolute atomic E-state index is 0.0637. The van der Waals surface area contributed by atoms with Crippen molar-refractivity contribution in [1.82, 2.24) is 19.8 Å². The Morgan fingerprint density at radius 2 is 1.84 bits per heavy atom. The molecule has 0 unspecified atom stereocenters. The van der Waals surface area contributed by atoms with Crippen molar-refractivity contribution >= 4 is 16.8 Å². The summed E-state index contributed by atoms with van der Waals surface area (Å²) in [6.45, 7) is 5.38. The molecule has 1 fully saturated rings. The number of aromatic nitrogens is 2. The van der Waals surface area contributed by atoms with E-state index >= 15 is 0 Å². The SMILES string of the molecule is COc1cc2nc(CN3CCCN(C(=O)c4cccc(C)c4)CC3)[nH]c(=O)c2cc1OC. The molecule has 0 spiro atoms. The molecule has 2 aromatic carbocycles. The molecule has 8 nitrogen and oxygen atoms in total. The highest BCUT2D eigenvalue weighted by atomic mass is 16.5. The Bertz CT molecular complexity index is 1190. The van der Waals surface area contributed by atoms with Gasteiger partial charge in [-0.1, -0.05) is 17.7 Å². The number of aromatic amines is 1. The molecule has 8 heteroatoms. The molecule has 168 valence electrons. The minimum Gasteiger partial charge on any atom is -0.493 e. The smallest absolute Gasteiger partial charge is 0.258 e. The normalized spacial score (nSPS) is 14.9. The molecule has 0 saturated carbocycles. The molecule has 1 amide bonds. The average molecular weight is 437 g/mol. The van der Waals surface area contributed by atoms with E-state index < -0.39 is 0 Å². The summed E-state index contributed by atoms with van der Waals surface area (Å²) in [5.41, 5.74) is 2.15. The number of ether oxygens (including phenoxy) is 2. The molecule has 1 aliphatic rings. The molecular weight excluding hydrogens is 408 g/mol. The third kappa shape index (κ3) is 4.60. The third-order valence-corrected chi connectivity index (χ3v) is 5.77. The van der Waals surface area contributed by atoms with E-state index in [9.17, 15) is 9.59 Å². The molecule has 4 rings (SSSR count). The van der Waals surface area contributed by atoms with Crippen LogP contribution < -0.4 is 15.0 Å². The molecular formula is C24H28N4O4. The number of hydrogen-bond acceptors (Lipinski definition) is 6. The van der Waals surface area contributed by atoms with Crippen LogP contribution >= 0.6 is 0 Å². The number of methoxy groups -OCH3 is 2. The van der Waals surface area contributed by atoms with Gasteiger partial charge in [-0.05, 0) is 31.5 Å². The number of benzene rings is 2. The van der Waals surface area contributed by atoms with Gasteiger partial charge in [0.05, 0.1) is 31.7 Å². The van der Waals surface area contributed by atoms with Crippen molar-refractivity contribution < 1.29 is 14.3 Å². The first kappa shape index (κ1) is 21.8. The number of nitrogens with zero attached hydrogens (tertiary/aromatic N) is 3. The lowest BCUT2D eigenvalue weighted by molar-refractivity contribution is 0.0761. The quantitative estimate of drug-likeness (QED) is 0.662. The molecule has 0 atom stereocenters. The molecule has 32 heavy (non-hydrogen) atoms. The van der Waals surface area contributed by atoms with Crippen molar-refractivity contribution in [1.29, 1.82) is 0 Å². The van der Waals surface area contributed by atoms with Gasteiger partial charge < -0.3 is 19.4 Å². The number of H-pyrrole nitrogens is 1. The lowest BCUT2D eigenvalue weighted by Crippen LogP contribution is -2.35. The summed E-state index contributed by atoms with van der Waals surface area (Å²) >= 11 is 0. The van der Waals surface area contributed by atoms with Crippen LogP contribution in [0, 0.1) is 6.92 Å². The average Bonchev–Trinajstić information content (AvgIpc) is 3.03. The van der Waals surface area contributed by atoms with Crippen LogP contribution in [0.25, 0.3) is 10.9 Å². The summed E-state index contributed by atoms with van der Waals surface area (Å²) in [5.74, 6) is 1.68. The van der Waals surface area contributed by atoms with Gasteiger partial charge in [-0.15, -0.1) is 0 Å². The third-order valence-electron chi connectivity index (χ3n) is 5.77. The highest BCUT2D eigenvalue weighted by Gasteiger charge is 2.21. The molecule has 1 N–H and O–H groups in total. The van der Waals surface area contributed by atoms with Crippen molar-refractivity contribution in [2.24, 2.45) is 0 Å². The maximum atomic E-state index is 12.9. The van der Waals surface area contributed by atoms with Gasteiger partial charge in [0.25, 0.3) is 11.5 Å². The second kappa shape index (κ2) is 9.40. The highest BCUT2D eigenvalue weighted by Crippen LogP contribution is 2.30. The number of aryl methyl sites for hydroxylation is 1. The van der Waals surface area contributed by atoms with Gasteiger partial charge in [0.1, 0.15) is 5.82 Å². The van der Waals surface area contributed by atoms with Crippen LogP contribution in [0.4, 0.5) is 0 Å². The fourth-order valence-electron chi connectivity index (χ4n) is 4.09. The Kier molecular flexibility index (Phi) is 6.41. The van der Waals surface area contributed by atoms with E-state index in [0.717, 1.165) is 24.1 Å². The maximum Gasteiger partial charge on any atom is 0.258 e. The van der Waals surface area contributed by atoms with Gasteiger partial charge in [-0.2, -0.15) is 0 Å². The summed E-state index contributed by atoms with van der Waals surface area (Å²) in [4.78, 5) is 37.2. The number of carbonyl (C=O) groups excluding carboxylic acids is 1. The van der Waals surface area contributed by atoms with Crippen molar-refractivity contribution in [2.45, 2.75) is 19.9 Å². The summed E-state index contributed by atoms with van der Waals surface area (Å²) in [7, 11) is 3.09. The van der Waals surface area contributed by atoms with Crippen molar-refractivity contribution in [2.75, 3.05) is 40.4 Å². The van der Waals surface area contributed by atoms with Gasteiger partial charge >= 0.3 is 0 Å². The molecule has 0 bridgehead atoms. The maximum absolute atomic E-state index is 12.9. The topological polar surface area (TPSA) is 87.8 Å². The van der Waals surface area contributed by atoms with E-state index in [4.69, 9.17) is 9.47 Å². The highest BCUT2D eigenvalue weighted by molar-refractivity contribution is 5.94. The minimum atomic E-state index is -0.211. The Balaban J connectivity index is 1.48. The van der Waals surface area contributed by atoms with Crippen molar-refractivity contribution in [3.63, 3.8) is 0 Å². The first-order chi connectivity index (χ1) is 15.5. The van der Waals surface area contributed by atoms with E-state index in [0.29, 0.717) is 54.4 Å². The van der Waals surface area contributed by atoms with Crippen molar-refractivity contribution in [3.05, 3.63) is 63.7 Å². The van der Waals surface area contributed by atoms with E-state index in [-0.39, 0.29) is 11.5 Å². The number of carbonyl (C=O) groups is 1. The molecule has 1 aliphatic heterocycles. The van der Waals surface area contributed by atoms with Crippen LogP contribution in [0.15, 0.2) is 41.2 Å². The van der Waals surface area contributed by atoms with Gasteiger partial charge in [0, 0.05) is 37.8 Å². The number of amides is 1. The number of nitrogens with one attached hydrogen (secondary N) is 1. The summed E-state index contributed by atoms with van der Waals surface area (Å²) in [5, 5.41) is 0.456. The molecule has 1 aromatic heterocycles. The lowest BCUT2D eigenvalue weighted by Gasteiger charge is -2.22. The van der Waals surface area contributed by atoms with Crippen LogP contribution in [0.3, 0.4) is 0 Å². The second-order valence-corrected chi connectivity index (χ2v) is 8.03. The predicted molar refractivity (Wildman–Crippen MR) is 122 cm³/mol. The monoisotopic (exact) mass is 436 g/mol. The van der Waals surface area contributed by atoms with Crippen LogP contribution in [-0.2, 0) is 6.54 Å². The number of rotatable bonds is 5. The standard InChI is InChI=1S/C24H28N4O4/c1-16-6-4-7-17(12-16)24(30)28-9-5-8-27(10-11-28)15-22-25-19-14-21(32-3)20(31-2)13-18(19)23(29)26-22/h4,6-7,12-14H,5,8-11,15H2,1-3H3,(H,25,26,29). The summed E-state index contributed by atoms with van der Waals surface area (Å²) < 4.78 is 10.6. The zero-order valence-corrected chi connectivity index (χ0v) is 18.7. The van der Waals surface area contributed by atoms with E-state index in [2.05, 4.69) is 14.9 Å². The largest absolute Gasteiger partial charge is 0.493 e. The van der Waals surface area contributed by atoms with Crippen LogP contribution in [0.1, 0.15) is 28.2 Å². The molecule has 0 aliphatic carbocycles. The lowest BCUT2D eigenvalue weighted by atomic mass is 10.1. The fourth-order valence-corrected chi connectivity index (χ4v) is 4.09. The zero-order valence-electron chi connectivity index (χ0n) is 18.7. The van der Waals surface area contributed by atoms with Gasteiger partial charge in [-0.3, -0.25) is 14.5 Å². The number of hydrogen-bond donors (Lipinski definition) is 1. The van der Waals surface area contributed by atoms with Gasteiger partial charge in [0.2, 0.25) is 0 Å². The van der Waals surface area contributed by atoms with Gasteiger partial charge in [-0.25, -0.2) is 4.98 Å². The van der Waals surface area contributed by atoms with Crippen LogP contribution in [-0.4, -0.2) is 66.1 Å². The Labute approximate surface area is 186 Å². The number of fused-ring (bicyclic) bond motifs is 1. The molecule has 2 heterocycles. The van der Waals surface area contributed by atoms with E-state index in [1.165, 1.54) is 7.11 Å². The zero-order chi connectivity index (χ0) is 22.7. The van der Waals surface area contributed by atoms with Gasteiger partial charge in [0.15, 0.2) is 11.5 Å². The van der Waals surface area contributed by atoms with E-state index in [1.54, 1.807) is 19.2 Å². The summed E-state index contributed by atoms with van der Waals surface area (Å²) in [6.07, 6.45) is 0.861. The molecule has 0 radical (unpaired) electrons. The Morgan fingerprint density at radius 1 is 1.06 bits per heavy atom. The van der Waals surface area contributed by atoms with E-state index in [1.807, 2.05) is 36.1 Å². The van der Waals surface area contributed by atoms with Crippen LogP contribution in [0.5, 0.6) is 11.5 Å².